The van der Waals surface area contributed by atoms with Crippen molar-refractivity contribution in [3.05, 3.63) is 82.8 Å². The third-order valence-electron chi connectivity index (χ3n) is 7.55. The topological polar surface area (TPSA) is 192 Å². The van der Waals surface area contributed by atoms with Crippen molar-refractivity contribution in [2.45, 2.75) is 33.6 Å². The van der Waals surface area contributed by atoms with Crippen LogP contribution in [-0.4, -0.2) is 83.6 Å². The zero-order valence-corrected chi connectivity index (χ0v) is 32.7. The van der Waals surface area contributed by atoms with Crippen LogP contribution in [0.3, 0.4) is 0 Å². The lowest BCUT2D eigenvalue weighted by Crippen LogP contribution is -2.21. The third-order valence-corrected chi connectivity index (χ3v) is 8.02. The number of aliphatic carboxylic acids is 3. The van der Waals surface area contributed by atoms with Crippen LogP contribution in [0.4, 0.5) is 11.4 Å². The van der Waals surface area contributed by atoms with E-state index in [9.17, 15) is 0 Å². The number of hydrogen-bond donors (Lipinski definition) is 6. The minimum atomic E-state index is -0.833. The van der Waals surface area contributed by atoms with Gasteiger partial charge in [-0.3, -0.25) is 14.4 Å². The van der Waals surface area contributed by atoms with Gasteiger partial charge in [-0.25, -0.2) is 9.97 Å². The molecule has 15 heteroatoms. The molecule has 0 bridgehead atoms. The number of halogens is 2. The van der Waals surface area contributed by atoms with Crippen LogP contribution >= 0.6 is 23.2 Å². The van der Waals surface area contributed by atoms with Crippen molar-refractivity contribution in [2.24, 2.45) is 0 Å². The molecule has 0 fully saturated rings. The number of pyridine rings is 2. The molecule has 6 aromatic rings. The number of aromatic nitrogens is 2. The summed E-state index contributed by atoms with van der Waals surface area (Å²) in [5, 5.41) is 38.6. The molecule has 0 radical (unpaired) electrons. The summed E-state index contributed by atoms with van der Waals surface area (Å²) in [7, 11) is 3.36. The number of carboxylic acid groups (broad SMARTS) is 3. The molecule has 55 heavy (non-hydrogen) atoms. The second-order valence-electron chi connectivity index (χ2n) is 11.9. The summed E-state index contributed by atoms with van der Waals surface area (Å²) in [6.45, 7) is 6.69. The Hall–Kier alpha value is -5.63. The summed E-state index contributed by atoms with van der Waals surface area (Å²) in [5.74, 6) is -0.895. The Morgan fingerprint density at radius 2 is 0.909 bits per heavy atom. The molecule has 13 nitrogen and oxygen atoms in total. The first kappa shape index (κ1) is 43.8. The average molecular weight is 795 g/mol. The van der Waals surface area contributed by atoms with E-state index in [0.717, 1.165) is 126 Å². The Morgan fingerprint density at radius 3 is 1.25 bits per heavy atom. The molecule has 4 aromatic carbocycles. The van der Waals surface area contributed by atoms with Gasteiger partial charge in [0.1, 0.15) is 11.5 Å². The molecule has 6 rings (SSSR count). The standard InChI is InChI=1S/C34H33Cl2N5O2.3C2H4O2/c1-42-23-7-11-29-27(19-23)33(25-9-5-21(35)17-31(25)40-29)38-15-3-13-37-14-4-16-39-34-26-10-6-22(36)18-32(26)41-30-12-8-24(43-2)20-28(30)34;3*1-2(3)4/h5-12,17-20,37H,3-4,13-16H2,1-2H3,(H,38,40)(H,39,41);3*1H3,(H,3,4). The van der Waals surface area contributed by atoms with E-state index in [1.807, 2.05) is 72.8 Å². The van der Waals surface area contributed by atoms with Crippen molar-refractivity contribution >= 4 is 96.1 Å². The lowest BCUT2D eigenvalue weighted by atomic mass is 10.1. The summed E-state index contributed by atoms with van der Waals surface area (Å²) >= 11 is 12.5. The second kappa shape index (κ2) is 21.9. The highest BCUT2D eigenvalue weighted by Gasteiger charge is 2.12. The normalized spacial score (nSPS) is 10.3. The van der Waals surface area contributed by atoms with Gasteiger partial charge < -0.3 is 40.7 Å². The van der Waals surface area contributed by atoms with Crippen LogP contribution in [0.2, 0.25) is 10.0 Å². The number of nitrogens with zero attached hydrogens (tertiary/aromatic N) is 2. The number of nitrogens with one attached hydrogen (secondary N) is 3. The molecular formula is C40H45Cl2N5O8. The Bertz CT molecular complexity index is 2070. The summed E-state index contributed by atoms with van der Waals surface area (Å²) in [5.41, 5.74) is 5.65. The predicted molar refractivity (Wildman–Crippen MR) is 221 cm³/mol. The van der Waals surface area contributed by atoms with Crippen LogP contribution in [-0.2, 0) is 14.4 Å². The summed E-state index contributed by atoms with van der Waals surface area (Å²) in [6.07, 6.45) is 1.94. The Morgan fingerprint density at radius 1 is 0.545 bits per heavy atom. The predicted octanol–water partition coefficient (Wildman–Crippen LogP) is 8.58. The lowest BCUT2D eigenvalue weighted by molar-refractivity contribution is -0.135. The lowest BCUT2D eigenvalue weighted by Gasteiger charge is -2.15. The number of fused-ring (bicyclic) bond motifs is 4. The number of carboxylic acids is 3. The smallest absolute Gasteiger partial charge is 0.300 e. The highest BCUT2D eigenvalue weighted by molar-refractivity contribution is 6.32. The zero-order chi connectivity index (χ0) is 40.5. The van der Waals surface area contributed by atoms with Crippen molar-refractivity contribution in [3.63, 3.8) is 0 Å². The van der Waals surface area contributed by atoms with E-state index in [1.54, 1.807) is 14.2 Å². The number of carbonyl (C=O) groups is 3. The fourth-order valence-corrected chi connectivity index (χ4v) is 5.74. The van der Waals surface area contributed by atoms with Gasteiger partial charge in [-0.05, 0) is 98.7 Å². The van der Waals surface area contributed by atoms with Gasteiger partial charge in [0.25, 0.3) is 17.9 Å². The molecule has 2 heterocycles. The zero-order valence-electron chi connectivity index (χ0n) is 31.2. The van der Waals surface area contributed by atoms with Crippen molar-refractivity contribution in [2.75, 3.05) is 51.0 Å². The van der Waals surface area contributed by atoms with Crippen molar-refractivity contribution in [1.82, 2.24) is 15.3 Å². The Labute approximate surface area is 328 Å². The molecule has 2 aromatic heterocycles. The van der Waals surface area contributed by atoms with Gasteiger partial charge in [0.05, 0.1) is 47.7 Å². The van der Waals surface area contributed by atoms with Gasteiger partial charge in [0.2, 0.25) is 0 Å². The molecule has 0 saturated heterocycles. The van der Waals surface area contributed by atoms with Crippen LogP contribution in [0.25, 0.3) is 43.6 Å². The molecule has 0 amide bonds. The van der Waals surface area contributed by atoms with Gasteiger partial charge >= 0.3 is 0 Å². The number of rotatable bonds is 12. The maximum absolute atomic E-state index is 9.00. The van der Waals surface area contributed by atoms with Gasteiger partial charge in [-0.1, -0.05) is 23.2 Å². The summed E-state index contributed by atoms with van der Waals surface area (Å²) in [6, 6.07) is 23.6. The highest BCUT2D eigenvalue weighted by atomic mass is 35.5. The number of ether oxygens (including phenoxy) is 2. The third kappa shape index (κ3) is 13.9. The number of benzene rings is 4. The summed E-state index contributed by atoms with van der Waals surface area (Å²) < 4.78 is 11.0. The molecule has 0 aliphatic rings. The molecular weight excluding hydrogens is 749 g/mol. The minimum absolute atomic E-state index is 0.673. The molecule has 0 spiro atoms. The van der Waals surface area contributed by atoms with Gasteiger partial charge in [-0.2, -0.15) is 0 Å². The largest absolute Gasteiger partial charge is 0.497 e. The van der Waals surface area contributed by atoms with Gasteiger partial charge in [0, 0.05) is 65.5 Å². The Kier molecular flexibility index (Phi) is 17.4. The van der Waals surface area contributed by atoms with E-state index in [1.165, 1.54) is 0 Å². The van der Waals surface area contributed by atoms with E-state index in [-0.39, 0.29) is 0 Å². The average Bonchev–Trinajstić information content (AvgIpc) is 3.12. The molecule has 0 unspecified atom stereocenters. The number of hydrogen-bond acceptors (Lipinski definition) is 10. The SMILES string of the molecule is CC(=O)O.CC(=O)O.CC(=O)O.COc1ccc2nc3cc(Cl)ccc3c(NCCCNCCCNc3c4ccc(Cl)cc4nc4ccc(OC)cc34)c2c1. The fourth-order valence-electron chi connectivity index (χ4n) is 5.41. The molecule has 0 aliphatic heterocycles. The second-order valence-corrected chi connectivity index (χ2v) is 12.8. The molecule has 0 aliphatic carbocycles. The van der Waals surface area contributed by atoms with E-state index in [2.05, 4.69) is 16.0 Å². The first-order valence-electron chi connectivity index (χ1n) is 17.1. The van der Waals surface area contributed by atoms with Crippen LogP contribution in [0.5, 0.6) is 11.5 Å². The van der Waals surface area contributed by atoms with Crippen molar-refractivity contribution in [1.29, 1.82) is 0 Å². The summed E-state index contributed by atoms with van der Waals surface area (Å²) in [4.78, 5) is 36.6. The van der Waals surface area contributed by atoms with E-state index >= 15 is 0 Å². The van der Waals surface area contributed by atoms with Crippen LogP contribution < -0.4 is 25.4 Å². The van der Waals surface area contributed by atoms with E-state index < -0.39 is 17.9 Å². The van der Waals surface area contributed by atoms with Gasteiger partial charge in [-0.15, -0.1) is 0 Å². The fraction of sp³-hybridized carbons (Fsp3) is 0.275. The van der Waals surface area contributed by atoms with E-state index in [0.29, 0.717) is 10.0 Å². The number of anilines is 2. The van der Waals surface area contributed by atoms with Crippen LogP contribution in [0.15, 0.2) is 72.8 Å². The molecule has 0 saturated carbocycles. The van der Waals surface area contributed by atoms with E-state index in [4.69, 9.17) is 72.3 Å². The van der Waals surface area contributed by atoms with Crippen molar-refractivity contribution in [3.8, 4) is 11.5 Å². The number of methoxy groups -OCH3 is 2. The Balaban J connectivity index is 0.000000595. The quantitative estimate of drug-likeness (QED) is 0.0510. The highest BCUT2D eigenvalue weighted by Crippen LogP contribution is 2.35. The maximum Gasteiger partial charge on any atom is 0.300 e. The molecule has 0 atom stereocenters. The van der Waals surface area contributed by atoms with Gasteiger partial charge in [0.15, 0.2) is 0 Å². The minimum Gasteiger partial charge on any atom is -0.497 e. The monoisotopic (exact) mass is 793 g/mol. The van der Waals surface area contributed by atoms with Crippen LogP contribution in [0.1, 0.15) is 33.6 Å². The first-order chi connectivity index (χ1) is 26.2. The van der Waals surface area contributed by atoms with Crippen molar-refractivity contribution < 1.29 is 39.2 Å². The molecule has 6 N–H and O–H groups in total. The molecule has 292 valence electrons. The maximum atomic E-state index is 9.00. The van der Waals surface area contributed by atoms with Crippen LogP contribution in [0, 0.1) is 0 Å². The first-order valence-corrected chi connectivity index (χ1v) is 17.9.